The fourth-order valence-corrected chi connectivity index (χ4v) is 4.28. The van der Waals surface area contributed by atoms with Crippen molar-refractivity contribution in [3.63, 3.8) is 0 Å². The number of nitrogens with zero attached hydrogens (tertiary/aromatic N) is 2. The highest BCUT2D eigenvalue weighted by Crippen LogP contribution is 2.35. The number of hydrogen-bond donors (Lipinski definition) is 1. The molecule has 3 heterocycles. The van der Waals surface area contributed by atoms with Crippen LogP contribution in [0.4, 0.5) is 23.7 Å². The average molecular weight is 423 g/mol. The Morgan fingerprint density at radius 3 is 2.66 bits per heavy atom. The Hall–Kier alpha value is -2.88. The van der Waals surface area contributed by atoms with Crippen LogP contribution in [0.2, 0.25) is 0 Å². The van der Waals surface area contributed by atoms with Gasteiger partial charge in [0.15, 0.2) is 0 Å². The normalized spacial score (nSPS) is 22.0. The topological polar surface area (TPSA) is 69.7 Å². The Labute approximate surface area is 167 Å². The van der Waals surface area contributed by atoms with E-state index in [4.69, 9.17) is 0 Å². The largest absolute Gasteiger partial charge is 0.416 e. The van der Waals surface area contributed by atoms with Crippen molar-refractivity contribution in [2.24, 2.45) is 0 Å². The van der Waals surface area contributed by atoms with Crippen molar-refractivity contribution < 1.29 is 27.6 Å². The van der Waals surface area contributed by atoms with Crippen LogP contribution >= 0.6 is 11.3 Å². The van der Waals surface area contributed by atoms with Crippen molar-refractivity contribution in [2.45, 2.75) is 31.1 Å². The number of urea groups is 1. The molecule has 0 bridgehead atoms. The molecule has 4 rings (SSSR count). The van der Waals surface area contributed by atoms with Gasteiger partial charge in [-0.05, 0) is 42.5 Å². The van der Waals surface area contributed by atoms with E-state index in [1.165, 1.54) is 28.4 Å². The quantitative estimate of drug-likeness (QED) is 0.769. The van der Waals surface area contributed by atoms with Crippen molar-refractivity contribution in [1.82, 2.24) is 10.2 Å². The molecule has 152 valence electrons. The minimum absolute atomic E-state index is 0.108. The molecule has 2 fully saturated rings. The predicted octanol–water partition coefficient (Wildman–Crippen LogP) is 3.50. The number of halogens is 3. The fraction of sp³-hybridized carbons (Fsp3) is 0.316. The van der Waals surface area contributed by atoms with Crippen molar-refractivity contribution in [3.05, 3.63) is 52.2 Å². The molecule has 1 aromatic heterocycles. The standard InChI is InChI=1S/C19H16F3N3O3S/c20-19(21,22)11-3-1-4-13(9-11)25-17(27)14-10-12(6-7-24(14)18(25)28)23-16(26)15-5-2-8-29-15/h1-5,8-9,12,14H,6-7,10H2,(H,23,26). The Balaban J connectivity index is 1.52. The summed E-state index contributed by atoms with van der Waals surface area (Å²) in [7, 11) is 0. The second kappa shape index (κ2) is 7.18. The van der Waals surface area contributed by atoms with Gasteiger partial charge in [0.05, 0.1) is 16.1 Å². The smallest absolute Gasteiger partial charge is 0.348 e. The van der Waals surface area contributed by atoms with Crippen molar-refractivity contribution >= 4 is 34.9 Å². The van der Waals surface area contributed by atoms with Gasteiger partial charge in [-0.2, -0.15) is 13.2 Å². The number of anilines is 1. The molecule has 2 aromatic rings. The Morgan fingerprint density at radius 2 is 1.97 bits per heavy atom. The number of thiophene rings is 1. The molecule has 1 aromatic carbocycles. The van der Waals surface area contributed by atoms with Gasteiger partial charge in [-0.1, -0.05) is 12.1 Å². The zero-order valence-corrected chi connectivity index (χ0v) is 15.8. The number of benzene rings is 1. The molecule has 0 aliphatic carbocycles. The van der Waals surface area contributed by atoms with Gasteiger partial charge in [-0.3, -0.25) is 9.59 Å². The summed E-state index contributed by atoms with van der Waals surface area (Å²) < 4.78 is 39.0. The summed E-state index contributed by atoms with van der Waals surface area (Å²) >= 11 is 1.30. The molecular weight excluding hydrogens is 407 g/mol. The number of carbonyl (C=O) groups excluding carboxylic acids is 3. The molecule has 2 saturated heterocycles. The van der Waals surface area contributed by atoms with E-state index in [9.17, 15) is 27.6 Å². The van der Waals surface area contributed by atoms with E-state index in [2.05, 4.69) is 5.32 Å². The molecule has 2 atom stereocenters. The first-order valence-electron chi connectivity index (χ1n) is 8.92. The van der Waals surface area contributed by atoms with Gasteiger partial charge in [0.1, 0.15) is 6.04 Å². The number of amides is 4. The zero-order valence-electron chi connectivity index (χ0n) is 15.0. The number of nitrogens with one attached hydrogen (secondary N) is 1. The summed E-state index contributed by atoms with van der Waals surface area (Å²) in [6.07, 6.45) is -3.90. The average Bonchev–Trinajstić information content (AvgIpc) is 3.29. The first kappa shape index (κ1) is 19.4. The Kier molecular flexibility index (Phi) is 4.81. The lowest BCUT2D eigenvalue weighted by atomic mass is 9.98. The zero-order chi connectivity index (χ0) is 20.8. The fourth-order valence-electron chi connectivity index (χ4n) is 3.65. The highest BCUT2D eigenvalue weighted by Gasteiger charge is 2.49. The molecule has 29 heavy (non-hydrogen) atoms. The van der Waals surface area contributed by atoms with Gasteiger partial charge in [0, 0.05) is 12.6 Å². The Bertz CT molecular complexity index is 961. The van der Waals surface area contributed by atoms with Crippen LogP contribution in [0.5, 0.6) is 0 Å². The van der Waals surface area contributed by atoms with Crippen LogP contribution in [-0.4, -0.2) is 41.4 Å². The predicted molar refractivity (Wildman–Crippen MR) is 99.6 cm³/mol. The van der Waals surface area contributed by atoms with Crippen LogP contribution in [0.15, 0.2) is 41.8 Å². The number of alkyl halides is 3. The molecular formula is C19H16F3N3O3S. The number of hydrogen-bond acceptors (Lipinski definition) is 4. The summed E-state index contributed by atoms with van der Waals surface area (Å²) in [5.74, 6) is -0.825. The Morgan fingerprint density at radius 1 is 1.17 bits per heavy atom. The molecule has 0 radical (unpaired) electrons. The minimum atomic E-state index is -4.58. The molecule has 2 unspecified atom stereocenters. The maximum atomic E-state index is 13.0. The number of rotatable bonds is 3. The van der Waals surface area contributed by atoms with Crippen LogP contribution in [0, 0.1) is 0 Å². The third-order valence-electron chi connectivity index (χ3n) is 5.06. The van der Waals surface area contributed by atoms with Crippen LogP contribution in [0.3, 0.4) is 0 Å². The number of imide groups is 1. The van der Waals surface area contributed by atoms with Gasteiger partial charge < -0.3 is 10.2 Å². The second-order valence-electron chi connectivity index (χ2n) is 6.89. The van der Waals surface area contributed by atoms with Gasteiger partial charge in [0.2, 0.25) is 0 Å². The molecule has 2 aliphatic heterocycles. The van der Waals surface area contributed by atoms with Crippen LogP contribution in [0.25, 0.3) is 0 Å². The lowest BCUT2D eigenvalue weighted by molar-refractivity contribution is -0.137. The highest BCUT2D eigenvalue weighted by molar-refractivity contribution is 7.12. The molecule has 0 saturated carbocycles. The van der Waals surface area contributed by atoms with Crippen molar-refractivity contribution in [2.75, 3.05) is 11.4 Å². The molecule has 6 nitrogen and oxygen atoms in total. The summed E-state index contributed by atoms with van der Waals surface area (Å²) in [4.78, 5) is 40.5. The summed E-state index contributed by atoms with van der Waals surface area (Å²) in [6.45, 7) is 0.236. The highest BCUT2D eigenvalue weighted by atomic mass is 32.1. The van der Waals surface area contributed by atoms with E-state index >= 15 is 0 Å². The summed E-state index contributed by atoms with van der Waals surface area (Å²) in [5, 5.41) is 4.65. The maximum absolute atomic E-state index is 13.0. The molecule has 1 N–H and O–H groups in total. The third-order valence-corrected chi connectivity index (χ3v) is 5.93. The number of piperidine rings is 1. The van der Waals surface area contributed by atoms with Crippen molar-refractivity contribution in [1.29, 1.82) is 0 Å². The third kappa shape index (κ3) is 3.59. The van der Waals surface area contributed by atoms with Crippen molar-refractivity contribution in [3.8, 4) is 0 Å². The maximum Gasteiger partial charge on any atom is 0.416 e. The first-order valence-corrected chi connectivity index (χ1v) is 9.80. The van der Waals surface area contributed by atoms with Gasteiger partial charge in [0.25, 0.3) is 11.8 Å². The van der Waals surface area contributed by atoms with E-state index < -0.39 is 29.7 Å². The van der Waals surface area contributed by atoms with Crippen LogP contribution in [0.1, 0.15) is 28.1 Å². The minimum Gasteiger partial charge on any atom is -0.348 e. The van der Waals surface area contributed by atoms with E-state index in [1.54, 1.807) is 17.5 Å². The molecule has 10 heteroatoms. The lowest BCUT2D eigenvalue weighted by Gasteiger charge is -2.32. The molecule has 2 aliphatic rings. The second-order valence-corrected chi connectivity index (χ2v) is 7.83. The monoisotopic (exact) mass is 423 g/mol. The summed E-state index contributed by atoms with van der Waals surface area (Å²) in [6, 6.07) is 5.86. The van der Waals surface area contributed by atoms with E-state index in [1.807, 2.05) is 0 Å². The van der Waals surface area contributed by atoms with E-state index in [0.717, 1.165) is 17.0 Å². The van der Waals surface area contributed by atoms with Gasteiger partial charge in [-0.15, -0.1) is 11.3 Å². The first-order chi connectivity index (χ1) is 13.8. The number of carbonyl (C=O) groups is 3. The lowest BCUT2D eigenvalue weighted by Crippen LogP contribution is -2.49. The molecule has 0 spiro atoms. The van der Waals surface area contributed by atoms with Gasteiger partial charge in [-0.25, -0.2) is 9.69 Å². The van der Waals surface area contributed by atoms with Crippen LogP contribution in [-0.2, 0) is 11.0 Å². The summed E-state index contributed by atoms with van der Waals surface area (Å²) in [5.41, 5.74) is -1.04. The molecule has 4 amide bonds. The SMILES string of the molecule is O=C(NC1CCN2C(=O)N(c3cccc(C(F)(F)F)c3)C(=O)C2C1)c1cccs1. The van der Waals surface area contributed by atoms with Crippen LogP contribution < -0.4 is 10.2 Å². The van der Waals surface area contributed by atoms with E-state index in [0.29, 0.717) is 11.3 Å². The van der Waals surface area contributed by atoms with E-state index in [-0.39, 0.29) is 30.6 Å². The number of fused-ring (bicyclic) bond motifs is 1. The van der Waals surface area contributed by atoms with Gasteiger partial charge >= 0.3 is 12.2 Å².